The number of aromatic nitrogens is 3. The molecule has 0 amide bonds. The van der Waals surface area contributed by atoms with Crippen LogP contribution in [0.1, 0.15) is 25.7 Å². The van der Waals surface area contributed by atoms with Crippen molar-refractivity contribution in [2.75, 3.05) is 7.11 Å². The molecule has 1 aliphatic rings. The second-order valence-electron chi connectivity index (χ2n) is 6.67. The Bertz CT molecular complexity index is 970. The van der Waals surface area contributed by atoms with Gasteiger partial charge in [-0.25, -0.2) is 0 Å². The van der Waals surface area contributed by atoms with Gasteiger partial charge in [-0.3, -0.25) is 9.36 Å². The lowest BCUT2D eigenvalue weighted by molar-refractivity contribution is -0.119. The molecule has 0 bridgehead atoms. The molecule has 0 spiro atoms. The highest BCUT2D eigenvalue weighted by Crippen LogP contribution is 2.35. The number of Topliss-reactive ketones (excluding diaryl/α,β-unsaturated/α-hetero) is 1. The molecule has 3 aromatic rings. The third kappa shape index (κ3) is 3.93. The smallest absolute Gasteiger partial charge is 0.196 e. The topological polar surface area (TPSA) is 57.0 Å². The van der Waals surface area contributed by atoms with Gasteiger partial charge in [-0.1, -0.05) is 29.8 Å². The maximum Gasteiger partial charge on any atom is 0.196 e. The SMILES string of the molecule is COc1ccc(-c2nnc(SC3CCCCC3=O)n2-c2ccc(Cl)cc2)cc1. The Hall–Kier alpha value is -2.31. The van der Waals surface area contributed by atoms with Crippen molar-refractivity contribution in [1.82, 2.24) is 14.8 Å². The molecule has 1 aromatic heterocycles. The predicted octanol–water partition coefficient (Wildman–Crippen LogP) is 5.20. The number of hydrogen-bond acceptors (Lipinski definition) is 5. The fourth-order valence-corrected chi connectivity index (χ4v) is 4.60. The molecule has 7 heteroatoms. The zero-order valence-corrected chi connectivity index (χ0v) is 17.0. The second-order valence-corrected chi connectivity index (χ2v) is 8.27. The summed E-state index contributed by atoms with van der Waals surface area (Å²) in [5.41, 5.74) is 1.83. The number of benzene rings is 2. The van der Waals surface area contributed by atoms with E-state index in [2.05, 4.69) is 10.2 Å². The van der Waals surface area contributed by atoms with Gasteiger partial charge in [-0.05, 0) is 61.4 Å². The Balaban J connectivity index is 1.76. The number of carbonyl (C=O) groups is 1. The van der Waals surface area contributed by atoms with Crippen molar-refractivity contribution in [2.45, 2.75) is 36.1 Å². The lowest BCUT2D eigenvalue weighted by Crippen LogP contribution is -2.21. The van der Waals surface area contributed by atoms with Crippen LogP contribution in [0.4, 0.5) is 0 Å². The van der Waals surface area contributed by atoms with E-state index in [1.807, 2.05) is 53.1 Å². The van der Waals surface area contributed by atoms with E-state index in [4.69, 9.17) is 16.3 Å². The largest absolute Gasteiger partial charge is 0.497 e. The van der Waals surface area contributed by atoms with Gasteiger partial charge in [0.2, 0.25) is 0 Å². The van der Waals surface area contributed by atoms with E-state index in [1.165, 1.54) is 11.8 Å². The molecule has 1 fully saturated rings. The number of hydrogen-bond donors (Lipinski definition) is 0. The van der Waals surface area contributed by atoms with Crippen LogP contribution in [0.2, 0.25) is 5.02 Å². The standard InChI is InChI=1S/C21H20ClN3O2S/c1-27-17-12-6-14(7-13-17)20-23-24-21(28-19-5-3-2-4-18(19)26)25(20)16-10-8-15(22)9-11-16/h6-13,19H,2-5H2,1H3. The van der Waals surface area contributed by atoms with Gasteiger partial charge in [-0.2, -0.15) is 0 Å². The first-order valence-corrected chi connectivity index (χ1v) is 10.5. The van der Waals surface area contributed by atoms with E-state index in [0.29, 0.717) is 22.4 Å². The van der Waals surface area contributed by atoms with Crippen molar-refractivity contribution < 1.29 is 9.53 Å². The summed E-state index contributed by atoms with van der Waals surface area (Å²) in [5, 5.41) is 10.2. The molecule has 0 aliphatic heterocycles. The third-order valence-electron chi connectivity index (χ3n) is 4.81. The van der Waals surface area contributed by atoms with Gasteiger partial charge in [-0.15, -0.1) is 10.2 Å². The zero-order chi connectivity index (χ0) is 19.5. The average molecular weight is 414 g/mol. The molecular formula is C21H20ClN3O2S. The predicted molar refractivity (Wildman–Crippen MR) is 111 cm³/mol. The Morgan fingerprint density at radius 3 is 2.50 bits per heavy atom. The van der Waals surface area contributed by atoms with E-state index in [1.54, 1.807) is 7.11 Å². The van der Waals surface area contributed by atoms with Crippen LogP contribution in [0.15, 0.2) is 53.7 Å². The first-order valence-electron chi connectivity index (χ1n) is 9.21. The van der Waals surface area contributed by atoms with Crippen molar-refractivity contribution in [3.05, 3.63) is 53.6 Å². The van der Waals surface area contributed by atoms with Crippen LogP contribution in [0.5, 0.6) is 5.75 Å². The van der Waals surface area contributed by atoms with Gasteiger partial charge in [0, 0.05) is 22.7 Å². The summed E-state index contributed by atoms with van der Waals surface area (Å²) in [7, 11) is 1.64. The Labute approximate surface area is 173 Å². The summed E-state index contributed by atoms with van der Waals surface area (Å²) in [6, 6.07) is 15.3. The van der Waals surface area contributed by atoms with Gasteiger partial charge in [0.05, 0.1) is 12.4 Å². The molecule has 5 nitrogen and oxygen atoms in total. The maximum absolute atomic E-state index is 12.3. The monoisotopic (exact) mass is 413 g/mol. The van der Waals surface area contributed by atoms with Crippen LogP contribution in [0, 0.1) is 0 Å². The van der Waals surface area contributed by atoms with Crippen LogP contribution in [0.3, 0.4) is 0 Å². The molecule has 1 saturated carbocycles. The highest BCUT2D eigenvalue weighted by atomic mass is 35.5. The van der Waals surface area contributed by atoms with Crippen LogP contribution in [0.25, 0.3) is 17.1 Å². The lowest BCUT2D eigenvalue weighted by atomic mass is 9.99. The molecule has 0 N–H and O–H groups in total. The van der Waals surface area contributed by atoms with Crippen LogP contribution >= 0.6 is 23.4 Å². The van der Waals surface area contributed by atoms with Gasteiger partial charge < -0.3 is 4.74 Å². The summed E-state index contributed by atoms with van der Waals surface area (Å²) in [4.78, 5) is 12.3. The third-order valence-corrected chi connectivity index (χ3v) is 6.32. The number of nitrogens with zero attached hydrogens (tertiary/aromatic N) is 3. The number of ether oxygens (including phenoxy) is 1. The van der Waals surface area contributed by atoms with Crippen molar-refractivity contribution in [3.63, 3.8) is 0 Å². The molecular weight excluding hydrogens is 394 g/mol. The Morgan fingerprint density at radius 2 is 1.82 bits per heavy atom. The van der Waals surface area contributed by atoms with E-state index >= 15 is 0 Å². The molecule has 0 radical (unpaired) electrons. The first-order chi connectivity index (χ1) is 13.7. The number of thioether (sulfide) groups is 1. The van der Waals surface area contributed by atoms with E-state index in [0.717, 1.165) is 42.1 Å². The summed E-state index contributed by atoms with van der Waals surface area (Å²) in [6.45, 7) is 0. The Morgan fingerprint density at radius 1 is 1.07 bits per heavy atom. The number of ketones is 1. The zero-order valence-electron chi connectivity index (χ0n) is 15.5. The molecule has 2 aromatic carbocycles. The molecule has 1 atom stereocenters. The van der Waals surface area contributed by atoms with Crippen molar-refractivity contribution in [3.8, 4) is 22.8 Å². The maximum atomic E-state index is 12.3. The summed E-state index contributed by atoms with van der Waals surface area (Å²) in [6.07, 6.45) is 3.59. The van der Waals surface area contributed by atoms with Gasteiger partial charge in [0.25, 0.3) is 0 Å². The fourth-order valence-electron chi connectivity index (χ4n) is 3.30. The lowest BCUT2D eigenvalue weighted by Gasteiger charge is -2.20. The minimum Gasteiger partial charge on any atom is -0.497 e. The van der Waals surface area contributed by atoms with Crippen LogP contribution < -0.4 is 4.74 Å². The highest BCUT2D eigenvalue weighted by molar-refractivity contribution is 8.00. The molecule has 0 saturated heterocycles. The number of halogens is 1. The molecule has 28 heavy (non-hydrogen) atoms. The molecule has 1 unspecified atom stereocenters. The minimum absolute atomic E-state index is 0.0623. The Kier molecular flexibility index (Phi) is 5.69. The van der Waals surface area contributed by atoms with Gasteiger partial charge in [0.1, 0.15) is 11.5 Å². The quantitative estimate of drug-likeness (QED) is 0.575. The number of rotatable bonds is 5. The summed E-state index contributed by atoms with van der Waals surface area (Å²) in [5.74, 6) is 1.80. The summed E-state index contributed by atoms with van der Waals surface area (Å²) >= 11 is 7.58. The second kappa shape index (κ2) is 8.37. The van der Waals surface area contributed by atoms with Crippen molar-refractivity contribution in [1.29, 1.82) is 0 Å². The minimum atomic E-state index is -0.0623. The van der Waals surface area contributed by atoms with Crippen molar-refractivity contribution in [2.24, 2.45) is 0 Å². The van der Waals surface area contributed by atoms with Crippen LogP contribution in [-0.2, 0) is 4.79 Å². The van der Waals surface area contributed by atoms with Crippen molar-refractivity contribution >= 4 is 29.1 Å². The van der Waals surface area contributed by atoms with Crippen LogP contribution in [-0.4, -0.2) is 32.9 Å². The first kappa shape index (κ1) is 19.0. The fraction of sp³-hybridized carbons (Fsp3) is 0.286. The summed E-state index contributed by atoms with van der Waals surface area (Å²) < 4.78 is 7.24. The van der Waals surface area contributed by atoms with Gasteiger partial charge in [0.15, 0.2) is 11.0 Å². The molecule has 1 aliphatic carbocycles. The number of methoxy groups -OCH3 is 1. The van der Waals surface area contributed by atoms with E-state index in [-0.39, 0.29) is 5.25 Å². The molecule has 4 rings (SSSR count). The molecule has 144 valence electrons. The van der Waals surface area contributed by atoms with E-state index < -0.39 is 0 Å². The highest BCUT2D eigenvalue weighted by Gasteiger charge is 2.27. The molecule has 1 heterocycles. The average Bonchev–Trinajstić information content (AvgIpc) is 3.14. The van der Waals surface area contributed by atoms with Gasteiger partial charge >= 0.3 is 0 Å². The number of carbonyl (C=O) groups excluding carboxylic acids is 1. The normalized spacial score (nSPS) is 16.9. The van der Waals surface area contributed by atoms with E-state index in [9.17, 15) is 4.79 Å².